The number of aliphatic hydroxyl groups excluding tert-OH is 1. The molecule has 0 aliphatic heterocycles. The molecule has 1 aromatic rings. The Morgan fingerprint density at radius 3 is 2.61 bits per heavy atom. The third kappa shape index (κ3) is 5.72. The summed E-state index contributed by atoms with van der Waals surface area (Å²) in [5.74, 6) is 6.67. The molecular formula is C15H21NO2. The lowest BCUT2D eigenvalue weighted by atomic mass is 10.1. The topological polar surface area (TPSA) is 41.5 Å². The molecule has 98 valence electrons. The second kappa shape index (κ2) is 7.05. The van der Waals surface area contributed by atoms with E-state index in [4.69, 9.17) is 4.74 Å². The Labute approximate surface area is 109 Å². The van der Waals surface area contributed by atoms with Gasteiger partial charge in [-0.1, -0.05) is 24.1 Å². The second-order valence-electron chi connectivity index (χ2n) is 4.66. The van der Waals surface area contributed by atoms with Gasteiger partial charge in [0.25, 0.3) is 0 Å². The molecule has 0 fully saturated rings. The zero-order valence-corrected chi connectivity index (χ0v) is 11.2. The highest BCUT2D eigenvalue weighted by molar-refractivity contribution is 5.20. The summed E-state index contributed by atoms with van der Waals surface area (Å²) in [5.41, 5.74) is -0.289. The van der Waals surface area contributed by atoms with Gasteiger partial charge < -0.3 is 9.84 Å². The molecule has 1 rings (SSSR count). The molecule has 3 heteroatoms. The van der Waals surface area contributed by atoms with Crippen molar-refractivity contribution in [3.63, 3.8) is 0 Å². The van der Waals surface area contributed by atoms with Crippen molar-refractivity contribution in [2.45, 2.75) is 32.4 Å². The highest BCUT2D eigenvalue weighted by atomic mass is 16.5. The maximum atomic E-state index is 9.81. The normalized spacial score (nSPS) is 12.4. The number of aliphatic hydroxyl groups is 1. The molecule has 18 heavy (non-hydrogen) atoms. The van der Waals surface area contributed by atoms with E-state index >= 15 is 0 Å². The van der Waals surface area contributed by atoms with Gasteiger partial charge in [0.2, 0.25) is 0 Å². The van der Waals surface area contributed by atoms with Crippen LogP contribution in [-0.4, -0.2) is 29.9 Å². The van der Waals surface area contributed by atoms with Gasteiger partial charge >= 0.3 is 0 Å². The van der Waals surface area contributed by atoms with Crippen LogP contribution in [0.15, 0.2) is 30.3 Å². The first-order chi connectivity index (χ1) is 8.53. The van der Waals surface area contributed by atoms with E-state index in [0.717, 1.165) is 5.75 Å². The molecule has 0 radical (unpaired) electrons. The molecular weight excluding hydrogens is 226 g/mol. The van der Waals surface area contributed by atoms with E-state index in [1.807, 2.05) is 44.2 Å². The van der Waals surface area contributed by atoms with E-state index in [2.05, 4.69) is 17.2 Å². The van der Waals surface area contributed by atoms with E-state index < -0.39 is 6.10 Å². The van der Waals surface area contributed by atoms with Crippen molar-refractivity contribution in [3.05, 3.63) is 30.3 Å². The zero-order chi connectivity index (χ0) is 13.4. The average molecular weight is 247 g/mol. The van der Waals surface area contributed by atoms with Crippen LogP contribution in [0.5, 0.6) is 5.75 Å². The van der Waals surface area contributed by atoms with Crippen LogP contribution in [0.4, 0.5) is 0 Å². The lowest BCUT2D eigenvalue weighted by Crippen LogP contribution is -2.43. The van der Waals surface area contributed by atoms with Crippen LogP contribution >= 0.6 is 0 Å². The summed E-state index contributed by atoms with van der Waals surface area (Å²) in [4.78, 5) is 0. The Hall–Kier alpha value is -1.50. The quantitative estimate of drug-likeness (QED) is 0.753. The Bertz CT molecular complexity index is 403. The van der Waals surface area contributed by atoms with Gasteiger partial charge in [-0.3, -0.25) is 5.32 Å². The summed E-state index contributed by atoms with van der Waals surface area (Å²) in [7, 11) is 0. The van der Waals surface area contributed by atoms with Gasteiger partial charge in [-0.05, 0) is 32.9 Å². The molecule has 2 N–H and O–H groups in total. The number of hydrogen-bond donors (Lipinski definition) is 2. The smallest absolute Gasteiger partial charge is 0.119 e. The molecule has 0 aliphatic rings. The van der Waals surface area contributed by atoms with Gasteiger partial charge in [-0.15, -0.1) is 5.92 Å². The minimum absolute atomic E-state index is 0.270. The first-order valence-corrected chi connectivity index (χ1v) is 6.08. The molecule has 0 aromatic heterocycles. The van der Waals surface area contributed by atoms with E-state index in [9.17, 15) is 5.11 Å². The highest BCUT2D eigenvalue weighted by Gasteiger charge is 2.15. The van der Waals surface area contributed by atoms with Gasteiger partial charge in [0.15, 0.2) is 0 Å². The van der Waals surface area contributed by atoms with Crippen LogP contribution in [0.25, 0.3) is 0 Å². The predicted molar refractivity (Wildman–Crippen MR) is 73.5 cm³/mol. The molecule has 0 saturated carbocycles. The molecule has 1 aromatic carbocycles. The Kier molecular flexibility index (Phi) is 5.70. The van der Waals surface area contributed by atoms with Gasteiger partial charge in [-0.25, -0.2) is 0 Å². The minimum Gasteiger partial charge on any atom is -0.491 e. The number of rotatable bonds is 6. The number of benzene rings is 1. The second-order valence-corrected chi connectivity index (χ2v) is 4.66. The SMILES string of the molecule is CC#CC(C)(C)NCC(O)COc1ccccc1. The van der Waals surface area contributed by atoms with Crippen molar-refractivity contribution in [1.29, 1.82) is 0 Å². The summed E-state index contributed by atoms with van der Waals surface area (Å²) in [5, 5.41) is 13.0. The van der Waals surface area contributed by atoms with Crippen LogP contribution in [0, 0.1) is 11.8 Å². The van der Waals surface area contributed by atoms with Crippen LogP contribution in [0.2, 0.25) is 0 Å². The molecule has 1 unspecified atom stereocenters. The number of β-amino-alcohol motifs (C(OH)–C–C–N with tert-alkyl or cyclic N) is 1. The van der Waals surface area contributed by atoms with Gasteiger partial charge in [0.05, 0.1) is 5.54 Å². The van der Waals surface area contributed by atoms with Crippen LogP contribution in [0.1, 0.15) is 20.8 Å². The number of hydrogen-bond acceptors (Lipinski definition) is 3. The van der Waals surface area contributed by atoms with Gasteiger partial charge in [-0.2, -0.15) is 0 Å². The summed E-state index contributed by atoms with van der Waals surface area (Å²) in [6, 6.07) is 9.47. The first kappa shape index (κ1) is 14.6. The third-order valence-electron chi connectivity index (χ3n) is 2.40. The fraction of sp³-hybridized carbons (Fsp3) is 0.467. The fourth-order valence-electron chi connectivity index (χ4n) is 1.50. The number of nitrogens with one attached hydrogen (secondary N) is 1. The summed E-state index contributed by atoms with van der Waals surface area (Å²) in [6.07, 6.45) is -0.553. The summed E-state index contributed by atoms with van der Waals surface area (Å²) < 4.78 is 5.47. The van der Waals surface area contributed by atoms with Gasteiger partial charge in [0, 0.05) is 6.54 Å². The van der Waals surface area contributed by atoms with Crippen LogP contribution < -0.4 is 10.1 Å². The number of para-hydroxylation sites is 1. The average Bonchev–Trinajstić information content (AvgIpc) is 2.35. The number of ether oxygens (including phenoxy) is 1. The Morgan fingerprint density at radius 2 is 2.00 bits per heavy atom. The Balaban J connectivity index is 2.29. The molecule has 0 saturated heterocycles. The van der Waals surface area contributed by atoms with Crippen molar-refractivity contribution in [2.75, 3.05) is 13.2 Å². The lowest BCUT2D eigenvalue weighted by Gasteiger charge is -2.22. The Morgan fingerprint density at radius 1 is 1.33 bits per heavy atom. The van der Waals surface area contributed by atoms with Crippen molar-refractivity contribution < 1.29 is 9.84 Å². The summed E-state index contributed by atoms with van der Waals surface area (Å²) >= 11 is 0. The van der Waals surface area contributed by atoms with Gasteiger partial charge in [0.1, 0.15) is 18.5 Å². The molecule has 0 spiro atoms. The predicted octanol–water partition coefficient (Wildman–Crippen LogP) is 1.82. The maximum Gasteiger partial charge on any atom is 0.119 e. The van der Waals surface area contributed by atoms with E-state index in [1.54, 1.807) is 6.92 Å². The van der Waals surface area contributed by atoms with E-state index in [1.165, 1.54) is 0 Å². The van der Waals surface area contributed by atoms with Crippen LogP contribution in [-0.2, 0) is 0 Å². The van der Waals surface area contributed by atoms with Crippen molar-refractivity contribution in [1.82, 2.24) is 5.32 Å². The molecule has 0 bridgehead atoms. The molecule has 0 heterocycles. The largest absolute Gasteiger partial charge is 0.491 e. The van der Waals surface area contributed by atoms with Crippen molar-refractivity contribution in [2.24, 2.45) is 0 Å². The maximum absolute atomic E-state index is 9.81. The summed E-state index contributed by atoms with van der Waals surface area (Å²) in [6.45, 7) is 6.49. The molecule has 0 aliphatic carbocycles. The highest BCUT2D eigenvalue weighted by Crippen LogP contribution is 2.08. The minimum atomic E-state index is -0.553. The molecule has 3 nitrogen and oxygen atoms in total. The lowest BCUT2D eigenvalue weighted by molar-refractivity contribution is 0.102. The monoisotopic (exact) mass is 247 g/mol. The zero-order valence-electron chi connectivity index (χ0n) is 11.2. The first-order valence-electron chi connectivity index (χ1n) is 6.08. The molecule has 1 atom stereocenters. The molecule has 0 amide bonds. The van der Waals surface area contributed by atoms with E-state index in [-0.39, 0.29) is 12.1 Å². The van der Waals surface area contributed by atoms with Crippen molar-refractivity contribution >= 4 is 0 Å². The standard InChI is InChI=1S/C15H21NO2/c1-4-10-15(2,3)16-11-13(17)12-18-14-8-6-5-7-9-14/h5-9,13,16-17H,11-12H2,1-3H3. The van der Waals surface area contributed by atoms with Crippen molar-refractivity contribution in [3.8, 4) is 17.6 Å². The fourth-order valence-corrected chi connectivity index (χ4v) is 1.50. The van der Waals surface area contributed by atoms with E-state index in [0.29, 0.717) is 6.54 Å². The third-order valence-corrected chi connectivity index (χ3v) is 2.40. The van der Waals surface area contributed by atoms with Crippen LogP contribution in [0.3, 0.4) is 0 Å².